The first-order valence-electron chi connectivity index (χ1n) is 5.05. The minimum Gasteiger partial charge on any atom is -0.384 e. The Kier molecular flexibility index (Phi) is 2.28. The standard InChI is InChI=1S/C9H10N8/c1-7-10-14-16(12-7)17-13-9(11-15-17)8-5-3-2-4-6-8/h2-6,14-15H,1H3/q-2. The fraction of sp³-hybridized carbons (Fsp3) is 0.111. The van der Waals surface area contributed by atoms with Crippen LogP contribution in [0.25, 0.3) is 10.9 Å². The zero-order valence-electron chi connectivity index (χ0n) is 9.07. The molecule has 88 valence electrons. The zero-order valence-corrected chi connectivity index (χ0v) is 9.07. The van der Waals surface area contributed by atoms with E-state index in [1.54, 1.807) is 6.92 Å². The molecule has 8 nitrogen and oxygen atoms in total. The first-order chi connectivity index (χ1) is 8.33. The number of hydrazone groups is 2. The van der Waals surface area contributed by atoms with E-state index in [4.69, 9.17) is 0 Å². The highest BCUT2D eigenvalue weighted by molar-refractivity contribution is 6.08. The molecule has 2 N–H and O–H groups in total. The van der Waals surface area contributed by atoms with Gasteiger partial charge in [-0.3, -0.25) is 0 Å². The van der Waals surface area contributed by atoms with Gasteiger partial charge in [0.05, 0.1) is 0 Å². The van der Waals surface area contributed by atoms with Crippen LogP contribution in [0.15, 0.2) is 40.5 Å². The third-order valence-electron chi connectivity index (χ3n) is 2.19. The van der Waals surface area contributed by atoms with E-state index in [0.29, 0.717) is 11.7 Å². The minimum absolute atomic E-state index is 0.590. The van der Waals surface area contributed by atoms with Crippen molar-refractivity contribution in [2.75, 3.05) is 0 Å². The maximum Gasteiger partial charge on any atom is -0.0224 e. The van der Waals surface area contributed by atoms with E-state index >= 15 is 0 Å². The van der Waals surface area contributed by atoms with Crippen LogP contribution in [0.1, 0.15) is 12.5 Å². The van der Waals surface area contributed by atoms with Crippen molar-refractivity contribution in [3.8, 4) is 0 Å². The van der Waals surface area contributed by atoms with Gasteiger partial charge in [-0.2, -0.15) is 11.1 Å². The Hall–Kier alpha value is -2.32. The number of hydrogen-bond donors (Lipinski definition) is 2. The van der Waals surface area contributed by atoms with Crippen molar-refractivity contribution in [3.63, 3.8) is 0 Å². The largest absolute Gasteiger partial charge is 0.384 e. The van der Waals surface area contributed by atoms with Crippen molar-refractivity contribution < 1.29 is 0 Å². The van der Waals surface area contributed by atoms with Crippen molar-refractivity contribution >= 4 is 11.7 Å². The second kappa shape index (κ2) is 3.92. The molecular weight excluding hydrogens is 220 g/mol. The number of nitrogens with zero attached hydrogens (tertiary/aromatic N) is 6. The predicted molar refractivity (Wildman–Crippen MR) is 62.8 cm³/mol. The number of rotatable bonds is 2. The molecule has 0 atom stereocenters. The Morgan fingerprint density at radius 1 is 1.00 bits per heavy atom. The summed E-state index contributed by atoms with van der Waals surface area (Å²) in [6, 6.07) is 9.68. The first-order valence-corrected chi connectivity index (χ1v) is 5.05. The number of amidine groups is 2. The van der Waals surface area contributed by atoms with Gasteiger partial charge in [0.1, 0.15) is 0 Å². The fourth-order valence-electron chi connectivity index (χ4n) is 1.40. The molecule has 0 spiro atoms. The van der Waals surface area contributed by atoms with Crippen molar-refractivity contribution in [2.45, 2.75) is 6.92 Å². The van der Waals surface area contributed by atoms with Crippen LogP contribution < -0.4 is 11.1 Å². The molecule has 0 saturated heterocycles. The van der Waals surface area contributed by atoms with Gasteiger partial charge in [0, 0.05) is 0 Å². The highest BCUT2D eigenvalue weighted by Crippen LogP contribution is 2.15. The molecule has 0 aromatic heterocycles. The second-order valence-electron chi connectivity index (χ2n) is 3.44. The molecule has 0 bridgehead atoms. The second-order valence-corrected chi connectivity index (χ2v) is 3.44. The van der Waals surface area contributed by atoms with Crippen LogP contribution in [0, 0.1) is 0 Å². The molecule has 3 rings (SSSR count). The minimum atomic E-state index is 0.590. The van der Waals surface area contributed by atoms with Crippen LogP contribution >= 0.6 is 0 Å². The van der Waals surface area contributed by atoms with E-state index in [0.717, 1.165) is 5.56 Å². The summed E-state index contributed by atoms with van der Waals surface area (Å²) in [6.07, 6.45) is 0. The molecule has 8 heteroatoms. The van der Waals surface area contributed by atoms with Gasteiger partial charge in [0.15, 0.2) is 0 Å². The molecule has 0 unspecified atom stereocenters. The van der Waals surface area contributed by atoms with Gasteiger partial charge in [-0.1, -0.05) is 36.2 Å². The summed E-state index contributed by atoms with van der Waals surface area (Å²) in [4.78, 5) is 0. The average Bonchev–Trinajstić information content (AvgIpc) is 2.98. The molecule has 0 saturated carbocycles. The number of benzene rings is 1. The zero-order chi connectivity index (χ0) is 11.7. The lowest BCUT2D eigenvalue weighted by atomic mass is 10.2. The van der Waals surface area contributed by atoms with Gasteiger partial charge in [0.25, 0.3) is 0 Å². The fourth-order valence-corrected chi connectivity index (χ4v) is 1.40. The summed E-state index contributed by atoms with van der Waals surface area (Å²) < 4.78 is 0. The van der Waals surface area contributed by atoms with Gasteiger partial charge >= 0.3 is 0 Å². The summed E-state index contributed by atoms with van der Waals surface area (Å²) >= 11 is 0. The van der Waals surface area contributed by atoms with Gasteiger partial charge < -0.3 is 21.1 Å². The Labute approximate surface area is 97.8 Å². The Morgan fingerprint density at radius 3 is 2.41 bits per heavy atom. The molecule has 1 aromatic carbocycles. The molecule has 2 aliphatic rings. The van der Waals surface area contributed by atoms with Gasteiger partial charge in [-0.15, -0.1) is 0 Å². The van der Waals surface area contributed by atoms with E-state index in [9.17, 15) is 0 Å². The van der Waals surface area contributed by atoms with Gasteiger partial charge in [-0.05, 0) is 18.3 Å². The van der Waals surface area contributed by atoms with E-state index in [1.165, 1.54) is 10.5 Å². The molecule has 0 fully saturated rings. The predicted octanol–water partition coefficient (Wildman–Crippen LogP) is 0.814. The Bertz CT molecular complexity index is 467. The Balaban J connectivity index is 1.78. The molecule has 2 aliphatic heterocycles. The van der Waals surface area contributed by atoms with Crippen molar-refractivity contribution in [1.29, 1.82) is 0 Å². The number of hydrogen-bond acceptors (Lipinski definition) is 6. The first kappa shape index (κ1) is 9.87. The molecule has 0 aliphatic carbocycles. The van der Waals surface area contributed by atoms with E-state index < -0.39 is 0 Å². The molecule has 0 radical (unpaired) electrons. The summed E-state index contributed by atoms with van der Waals surface area (Å²) in [5.74, 6) is 1.21. The molecular formula is C9H10N8-2. The number of nitrogens with one attached hydrogen (secondary N) is 2. The average molecular weight is 230 g/mol. The molecule has 2 heterocycles. The van der Waals surface area contributed by atoms with E-state index in [-0.39, 0.29) is 0 Å². The lowest BCUT2D eigenvalue weighted by Gasteiger charge is -2.33. The summed E-state index contributed by atoms with van der Waals surface area (Å²) in [5.41, 5.74) is 14.3. The van der Waals surface area contributed by atoms with Crippen LogP contribution in [0.5, 0.6) is 0 Å². The highest BCUT2D eigenvalue weighted by Gasteiger charge is 2.09. The lowest BCUT2D eigenvalue weighted by Crippen LogP contribution is -2.43. The van der Waals surface area contributed by atoms with Gasteiger partial charge in [0.2, 0.25) is 0 Å². The quantitative estimate of drug-likeness (QED) is 0.787. The lowest BCUT2D eigenvalue weighted by molar-refractivity contribution is -0.0745. The summed E-state index contributed by atoms with van der Waals surface area (Å²) in [6.45, 7) is 1.78. The van der Waals surface area contributed by atoms with Crippen molar-refractivity contribution in [3.05, 3.63) is 46.7 Å². The van der Waals surface area contributed by atoms with Crippen molar-refractivity contribution in [1.82, 2.24) is 21.5 Å². The number of hydrazine groups is 3. The van der Waals surface area contributed by atoms with Gasteiger partial charge in [-0.25, -0.2) is 10.5 Å². The monoisotopic (exact) mass is 230 g/mol. The van der Waals surface area contributed by atoms with Crippen LogP contribution in [0.3, 0.4) is 0 Å². The van der Waals surface area contributed by atoms with Crippen LogP contribution in [-0.4, -0.2) is 22.1 Å². The molecule has 1 aromatic rings. The van der Waals surface area contributed by atoms with Crippen LogP contribution in [0.2, 0.25) is 0 Å². The Morgan fingerprint density at radius 2 is 1.71 bits per heavy atom. The van der Waals surface area contributed by atoms with E-state index in [2.05, 4.69) is 32.1 Å². The maximum atomic E-state index is 4.24. The SMILES string of the molecule is CC1=NN(N2N=C(c3ccccc3)[N-]N2)N[N-]1. The third kappa shape index (κ3) is 1.86. The highest BCUT2D eigenvalue weighted by atomic mass is 16.2. The molecule has 17 heavy (non-hydrogen) atoms. The van der Waals surface area contributed by atoms with E-state index in [1.807, 2.05) is 30.3 Å². The normalized spacial score (nSPS) is 18.6. The maximum absolute atomic E-state index is 4.24. The van der Waals surface area contributed by atoms with Crippen molar-refractivity contribution in [2.24, 2.45) is 10.2 Å². The summed E-state index contributed by atoms with van der Waals surface area (Å²) in [7, 11) is 0. The molecule has 0 amide bonds. The third-order valence-corrected chi connectivity index (χ3v) is 2.19. The topological polar surface area (TPSA) is 83.5 Å². The van der Waals surface area contributed by atoms with Crippen LogP contribution in [-0.2, 0) is 0 Å². The summed E-state index contributed by atoms with van der Waals surface area (Å²) in [5, 5.41) is 11.0. The smallest absolute Gasteiger partial charge is 0.0224 e. The van der Waals surface area contributed by atoms with Crippen LogP contribution in [0.4, 0.5) is 0 Å².